The molecule has 1 fully saturated rings. The van der Waals surface area contributed by atoms with Gasteiger partial charge in [0.2, 0.25) is 17.7 Å². The van der Waals surface area contributed by atoms with Crippen LogP contribution in [0.4, 0.5) is 5.69 Å². The van der Waals surface area contributed by atoms with Crippen LogP contribution in [-0.4, -0.2) is 60.2 Å². The molecule has 0 bridgehead atoms. The van der Waals surface area contributed by atoms with E-state index in [1.54, 1.807) is 23.1 Å². The number of halogens is 1. The molecule has 1 saturated heterocycles. The third-order valence-corrected chi connectivity index (χ3v) is 8.06. The van der Waals surface area contributed by atoms with Gasteiger partial charge in [0.25, 0.3) is 5.91 Å². The van der Waals surface area contributed by atoms with Crippen LogP contribution in [0.5, 0.6) is 0 Å². The number of amides is 4. The van der Waals surface area contributed by atoms with Gasteiger partial charge in [0, 0.05) is 29.4 Å². The number of nitrogens with zero attached hydrogens (tertiary/aromatic N) is 2. The van der Waals surface area contributed by atoms with Crippen molar-refractivity contribution in [2.24, 2.45) is 0 Å². The van der Waals surface area contributed by atoms with E-state index in [2.05, 4.69) is 10.6 Å². The fourth-order valence-electron chi connectivity index (χ4n) is 4.51. The number of rotatable bonds is 7. The van der Waals surface area contributed by atoms with Crippen molar-refractivity contribution in [3.8, 4) is 0 Å². The van der Waals surface area contributed by atoms with Crippen LogP contribution < -0.4 is 15.5 Å². The van der Waals surface area contributed by atoms with E-state index in [0.29, 0.717) is 30.2 Å². The highest BCUT2D eigenvalue weighted by molar-refractivity contribution is 7.99. The summed E-state index contributed by atoms with van der Waals surface area (Å²) >= 11 is 7.75. The molecule has 0 aromatic heterocycles. The summed E-state index contributed by atoms with van der Waals surface area (Å²) in [5.41, 5.74) is 1.42. The maximum Gasteiger partial charge on any atom is 0.251 e. The predicted octanol–water partition coefficient (Wildman–Crippen LogP) is 3.15. The van der Waals surface area contributed by atoms with Crippen molar-refractivity contribution < 1.29 is 19.2 Å². The highest BCUT2D eigenvalue weighted by atomic mass is 35.5. The fraction of sp³-hybridized carbons (Fsp3) is 0.385. The summed E-state index contributed by atoms with van der Waals surface area (Å²) in [4.78, 5) is 55.9. The number of carbonyl (C=O) groups is 4. The van der Waals surface area contributed by atoms with Crippen LogP contribution in [-0.2, 0) is 19.2 Å². The van der Waals surface area contributed by atoms with Crippen LogP contribution in [0, 0.1) is 0 Å². The van der Waals surface area contributed by atoms with Crippen molar-refractivity contribution in [3.05, 3.63) is 59.1 Å². The molecule has 36 heavy (non-hydrogen) atoms. The van der Waals surface area contributed by atoms with Gasteiger partial charge in [-0.05, 0) is 44.0 Å². The second kappa shape index (κ2) is 11.3. The number of hydrogen-bond donors (Lipinski definition) is 2. The standard InChI is InChI=1S/C26H29ClN4O4S/c1-3-30(4-2)22(33)15-31-19-12-10-17(27)14-20(19)36-24(16-8-6-5-7-9-16)23(26(31)35)29-25(34)18-11-13-21(32)28-18/h5-10,12,14,18,23-24H,3-4,11,13,15H2,1-2H3,(H,28,32)(H,29,34)/t18-,23+,24+/m0/s1. The van der Waals surface area contributed by atoms with Crippen molar-refractivity contribution in [2.75, 3.05) is 24.5 Å². The molecule has 4 amide bonds. The molecule has 8 nitrogen and oxygen atoms in total. The number of anilines is 1. The largest absolute Gasteiger partial charge is 0.344 e. The molecule has 0 spiro atoms. The normalized spacial score (nSPS) is 21.4. The Morgan fingerprint density at radius 3 is 2.50 bits per heavy atom. The molecule has 2 heterocycles. The first kappa shape index (κ1) is 26.0. The van der Waals surface area contributed by atoms with E-state index < -0.39 is 29.1 Å². The predicted molar refractivity (Wildman–Crippen MR) is 140 cm³/mol. The summed E-state index contributed by atoms with van der Waals surface area (Å²) in [6.07, 6.45) is 0.636. The maximum absolute atomic E-state index is 14.1. The van der Waals surface area contributed by atoms with Crippen molar-refractivity contribution in [1.29, 1.82) is 0 Å². The van der Waals surface area contributed by atoms with E-state index in [-0.39, 0.29) is 24.8 Å². The molecule has 2 aliphatic rings. The number of benzene rings is 2. The van der Waals surface area contributed by atoms with Crippen LogP contribution in [0.2, 0.25) is 5.02 Å². The van der Waals surface area contributed by atoms with E-state index in [4.69, 9.17) is 11.6 Å². The monoisotopic (exact) mass is 528 g/mol. The second-order valence-corrected chi connectivity index (χ2v) is 10.3. The summed E-state index contributed by atoms with van der Waals surface area (Å²) in [5, 5.41) is 5.60. The number of nitrogens with one attached hydrogen (secondary N) is 2. The summed E-state index contributed by atoms with van der Waals surface area (Å²) in [6.45, 7) is 4.66. The Morgan fingerprint density at radius 2 is 1.86 bits per heavy atom. The third kappa shape index (κ3) is 5.52. The Labute approximate surface area is 219 Å². The highest BCUT2D eigenvalue weighted by Crippen LogP contribution is 2.46. The fourth-order valence-corrected chi connectivity index (χ4v) is 6.12. The number of thioether (sulfide) groups is 1. The van der Waals surface area contributed by atoms with E-state index in [9.17, 15) is 19.2 Å². The Bertz CT molecular complexity index is 1160. The topological polar surface area (TPSA) is 98.8 Å². The smallest absolute Gasteiger partial charge is 0.251 e. The van der Waals surface area contributed by atoms with E-state index >= 15 is 0 Å². The SMILES string of the molecule is CCN(CC)C(=O)CN1C(=O)[C@H](NC(=O)[C@@H]2CCC(=O)N2)[C@@H](c2ccccc2)Sc2cc(Cl)ccc21. The molecule has 0 radical (unpaired) electrons. The van der Waals surface area contributed by atoms with Crippen LogP contribution in [0.15, 0.2) is 53.4 Å². The Morgan fingerprint density at radius 1 is 1.14 bits per heavy atom. The van der Waals surface area contributed by atoms with Gasteiger partial charge in [-0.15, -0.1) is 11.8 Å². The molecular formula is C26H29ClN4O4S. The number of carbonyl (C=O) groups excluding carboxylic acids is 4. The first-order chi connectivity index (χ1) is 17.3. The third-order valence-electron chi connectivity index (χ3n) is 6.45. The Kier molecular flexibility index (Phi) is 8.21. The lowest BCUT2D eigenvalue weighted by Crippen LogP contribution is -2.55. The lowest BCUT2D eigenvalue weighted by Gasteiger charge is -2.30. The average molecular weight is 529 g/mol. The molecule has 0 aliphatic carbocycles. The van der Waals surface area contributed by atoms with Gasteiger partial charge in [-0.2, -0.15) is 0 Å². The van der Waals surface area contributed by atoms with Crippen LogP contribution in [0.25, 0.3) is 0 Å². The van der Waals surface area contributed by atoms with Gasteiger partial charge in [0.1, 0.15) is 18.6 Å². The van der Waals surface area contributed by atoms with Gasteiger partial charge in [-0.25, -0.2) is 0 Å². The molecule has 190 valence electrons. The minimum Gasteiger partial charge on any atom is -0.344 e. The minimum absolute atomic E-state index is 0.163. The number of fused-ring (bicyclic) bond motifs is 1. The Balaban J connectivity index is 1.76. The van der Waals surface area contributed by atoms with E-state index in [0.717, 1.165) is 10.5 Å². The number of likely N-dealkylation sites (N-methyl/N-ethyl adjacent to an activating group) is 1. The second-order valence-electron chi connectivity index (χ2n) is 8.70. The maximum atomic E-state index is 14.1. The van der Waals surface area contributed by atoms with Crippen molar-refractivity contribution in [1.82, 2.24) is 15.5 Å². The molecular weight excluding hydrogens is 500 g/mol. The van der Waals surface area contributed by atoms with Gasteiger partial charge >= 0.3 is 0 Å². The molecule has 2 aliphatic heterocycles. The van der Waals surface area contributed by atoms with Crippen molar-refractivity contribution >= 4 is 52.7 Å². The summed E-state index contributed by atoms with van der Waals surface area (Å²) < 4.78 is 0. The lowest BCUT2D eigenvalue weighted by atomic mass is 10.0. The van der Waals surface area contributed by atoms with Gasteiger partial charge < -0.3 is 20.4 Å². The van der Waals surface area contributed by atoms with Gasteiger partial charge in [0.05, 0.1) is 10.9 Å². The van der Waals surface area contributed by atoms with Crippen LogP contribution in [0.1, 0.15) is 37.5 Å². The van der Waals surface area contributed by atoms with Gasteiger partial charge in [0.15, 0.2) is 0 Å². The molecule has 0 saturated carbocycles. The average Bonchev–Trinajstić information content (AvgIpc) is 3.28. The quantitative estimate of drug-likeness (QED) is 0.575. The van der Waals surface area contributed by atoms with Crippen LogP contribution >= 0.6 is 23.4 Å². The first-order valence-electron chi connectivity index (χ1n) is 12.0. The van der Waals surface area contributed by atoms with Gasteiger partial charge in [-0.1, -0.05) is 41.9 Å². The van der Waals surface area contributed by atoms with Crippen LogP contribution in [0.3, 0.4) is 0 Å². The zero-order chi connectivity index (χ0) is 25.8. The van der Waals surface area contributed by atoms with Gasteiger partial charge in [-0.3, -0.25) is 19.2 Å². The Hall–Kier alpha value is -3.04. The summed E-state index contributed by atoms with van der Waals surface area (Å²) in [7, 11) is 0. The van der Waals surface area contributed by atoms with Crippen molar-refractivity contribution in [2.45, 2.75) is 48.9 Å². The van der Waals surface area contributed by atoms with E-state index in [1.807, 2.05) is 44.2 Å². The lowest BCUT2D eigenvalue weighted by molar-refractivity contribution is -0.132. The van der Waals surface area contributed by atoms with E-state index in [1.165, 1.54) is 16.7 Å². The summed E-state index contributed by atoms with van der Waals surface area (Å²) in [5.74, 6) is -1.19. The molecule has 3 atom stereocenters. The number of hydrogen-bond acceptors (Lipinski definition) is 5. The molecule has 0 unspecified atom stereocenters. The molecule has 2 aromatic rings. The first-order valence-corrected chi connectivity index (χ1v) is 13.3. The zero-order valence-corrected chi connectivity index (χ0v) is 21.8. The molecule has 4 rings (SSSR count). The molecule has 2 N–H and O–H groups in total. The minimum atomic E-state index is -0.974. The zero-order valence-electron chi connectivity index (χ0n) is 20.2. The summed E-state index contributed by atoms with van der Waals surface area (Å²) in [6, 6.07) is 13.0. The van der Waals surface area contributed by atoms with Crippen molar-refractivity contribution in [3.63, 3.8) is 0 Å². The molecule has 2 aromatic carbocycles. The highest BCUT2D eigenvalue weighted by Gasteiger charge is 2.42. The molecule has 10 heteroatoms.